The fourth-order valence-corrected chi connectivity index (χ4v) is 3.35. The number of pyridine rings is 1. The Hall–Kier alpha value is -4.72. The van der Waals surface area contributed by atoms with Crippen LogP contribution in [0.1, 0.15) is 33.2 Å². The summed E-state index contributed by atoms with van der Waals surface area (Å²) in [7, 11) is 0. The first-order valence-corrected chi connectivity index (χ1v) is 11.1. The summed E-state index contributed by atoms with van der Waals surface area (Å²) in [6.45, 7) is 3.95. The summed E-state index contributed by atoms with van der Waals surface area (Å²) in [5.41, 5.74) is 3.20. The maximum absolute atomic E-state index is 14.5. The lowest BCUT2D eigenvalue weighted by molar-refractivity contribution is 0.0686. The summed E-state index contributed by atoms with van der Waals surface area (Å²) in [5.74, 6) is -2.16. The number of aromatic nitrogens is 1. The van der Waals surface area contributed by atoms with Gasteiger partial charge in [-0.2, -0.15) is 0 Å². The van der Waals surface area contributed by atoms with Crippen molar-refractivity contribution >= 4 is 23.3 Å². The quantitative estimate of drug-likeness (QED) is 0.275. The van der Waals surface area contributed by atoms with E-state index in [1.54, 1.807) is 80.6 Å². The summed E-state index contributed by atoms with van der Waals surface area (Å²) in [4.78, 5) is 26.0. The minimum atomic E-state index is -1.02. The van der Waals surface area contributed by atoms with E-state index >= 15 is 0 Å². The van der Waals surface area contributed by atoms with E-state index in [0.29, 0.717) is 34.8 Å². The lowest BCUT2D eigenvalue weighted by Crippen LogP contribution is -2.02. The van der Waals surface area contributed by atoms with Gasteiger partial charge in [0, 0.05) is 5.56 Å². The Kier molecular flexibility index (Phi) is 8.72. The van der Waals surface area contributed by atoms with Gasteiger partial charge in [-0.1, -0.05) is 36.4 Å². The van der Waals surface area contributed by atoms with Crippen LogP contribution in [0.4, 0.5) is 15.8 Å². The molecule has 1 heterocycles. The molecule has 0 amide bonds. The molecule has 0 fully saturated rings. The second-order valence-electron chi connectivity index (χ2n) is 7.58. The monoisotopic (exact) mass is 488 g/mol. The number of carbonyl (C=O) groups is 2. The number of nitrogens with one attached hydrogen (secondary N) is 1. The lowest BCUT2D eigenvalue weighted by Gasteiger charge is -2.11. The van der Waals surface area contributed by atoms with Gasteiger partial charge < -0.3 is 20.3 Å². The highest BCUT2D eigenvalue weighted by Crippen LogP contribution is 2.29. The maximum atomic E-state index is 14.5. The van der Waals surface area contributed by atoms with E-state index in [1.807, 2.05) is 6.07 Å². The maximum Gasteiger partial charge on any atom is 0.337 e. The van der Waals surface area contributed by atoms with Crippen LogP contribution in [0.3, 0.4) is 0 Å². The molecule has 0 atom stereocenters. The number of aryl methyl sites for hydroxylation is 1. The summed E-state index contributed by atoms with van der Waals surface area (Å²) in [6.07, 6.45) is 1.53. The van der Waals surface area contributed by atoms with Crippen LogP contribution in [-0.4, -0.2) is 33.7 Å². The van der Waals surface area contributed by atoms with Gasteiger partial charge in [-0.15, -0.1) is 0 Å². The molecule has 1 aromatic heterocycles. The van der Waals surface area contributed by atoms with Crippen LogP contribution < -0.4 is 10.1 Å². The van der Waals surface area contributed by atoms with Crippen molar-refractivity contribution < 1.29 is 28.9 Å². The molecule has 0 bridgehead atoms. The third-order valence-electron chi connectivity index (χ3n) is 5.11. The van der Waals surface area contributed by atoms with Crippen LogP contribution in [0, 0.1) is 12.7 Å². The van der Waals surface area contributed by atoms with Gasteiger partial charge in [-0.25, -0.2) is 14.0 Å². The van der Waals surface area contributed by atoms with Crippen LogP contribution in [0.2, 0.25) is 0 Å². The minimum Gasteiger partial charge on any atom is -0.491 e. The van der Waals surface area contributed by atoms with Crippen LogP contribution in [0.5, 0.6) is 5.75 Å². The Morgan fingerprint density at radius 3 is 2.14 bits per heavy atom. The second kappa shape index (κ2) is 12.1. The van der Waals surface area contributed by atoms with E-state index in [4.69, 9.17) is 9.84 Å². The number of hydrogen-bond acceptors (Lipinski definition) is 5. The van der Waals surface area contributed by atoms with Crippen molar-refractivity contribution in [2.45, 2.75) is 13.8 Å². The summed E-state index contributed by atoms with van der Waals surface area (Å²) in [5, 5.41) is 20.8. The highest BCUT2D eigenvalue weighted by Gasteiger charge is 2.13. The van der Waals surface area contributed by atoms with Gasteiger partial charge >= 0.3 is 11.9 Å². The predicted molar refractivity (Wildman–Crippen MR) is 136 cm³/mol. The topological polar surface area (TPSA) is 109 Å². The molecular weight excluding hydrogens is 463 g/mol. The molecule has 7 nitrogen and oxygen atoms in total. The van der Waals surface area contributed by atoms with Gasteiger partial charge in [0.1, 0.15) is 0 Å². The molecule has 0 aliphatic rings. The molecule has 0 radical (unpaired) electrons. The number of para-hydroxylation sites is 1. The van der Waals surface area contributed by atoms with Crippen molar-refractivity contribution in [2.75, 3.05) is 11.9 Å². The molecule has 3 aromatic carbocycles. The number of carboxylic acids is 2. The average Bonchev–Trinajstić information content (AvgIpc) is 2.87. The van der Waals surface area contributed by atoms with Gasteiger partial charge in [0.05, 0.1) is 41.0 Å². The van der Waals surface area contributed by atoms with E-state index in [2.05, 4.69) is 10.3 Å². The number of carboxylic acid groups (broad SMARTS) is 2. The number of aromatic carboxylic acids is 2. The number of hydrogen-bond donors (Lipinski definition) is 3. The molecule has 0 saturated carbocycles. The Balaban J connectivity index is 0.000000303. The SMILES string of the molecule is CCOc1cccc(-c2ccc(Nc3ccccc3C(=O)O)cn2)c1F.Cc1ccccc1C(=O)O. The molecule has 184 valence electrons. The van der Waals surface area contributed by atoms with Gasteiger partial charge in [-0.05, 0) is 61.9 Å². The van der Waals surface area contributed by atoms with E-state index in [9.17, 15) is 19.1 Å². The number of benzene rings is 3. The first-order valence-electron chi connectivity index (χ1n) is 11.1. The van der Waals surface area contributed by atoms with Crippen LogP contribution >= 0.6 is 0 Å². The van der Waals surface area contributed by atoms with Crippen molar-refractivity contribution in [3.05, 3.63) is 108 Å². The Labute approximate surface area is 207 Å². The molecule has 0 aliphatic heterocycles. The molecule has 0 saturated heterocycles. The van der Waals surface area contributed by atoms with Crippen molar-refractivity contribution in [2.24, 2.45) is 0 Å². The van der Waals surface area contributed by atoms with E-state index in [1.165, 1.54) is 12.3 Å². The lowest BCUT2D eigenvalue weighted by atomic mass is 10.1. The summed E-state index contributed by atoms with van der Waals surface area (Å²) >= 11 is 0. The van der Waals surface area contributed by atoms with Gasteiger partial charge in [0.2, 0.25) is 0 Å². The fraction of sp³-hybridized carbons (Fsp3) is 0.107. The molecule has 3 N–H and O–H groups in total. The number of ether oxygens (including phenoxy) is 1. The molecule has 4 rings (SSSR count). The number of rotatable bonds is 7. The second-order valence-corrected chi connectivity index (χ2v) is 7.58. The largest absolute Gasteiger partial charge is 0.491 e. The molecule has 4 aromatic rings. The van der Waals surface area contributed by atoms with E-state index < -0.39 is 17.8 Å². The molecule has 0 aliphatic carbocycles. The third-order valence-corrected chi connectivity index (χ3v) is 5.11. The van der Waals surface area contributed by atoms with Crippen molar-refractivity contribution in [1.29, 1.82) is 0 Å². The standard InChI is InChI=1S/C20H17FN2O3.C8H8O2/c1-2-26-18-9-5-7-14(19(18)21)16-11-10-13(12-22-16)23-17-8-4-3-6-15(17)20(24)25;1-6-4-2-3-5-7(6)8(9)10/h3-12,23H,2H2,1H3,(H,24,25);2-5H,1H3,(H,9,10). The van der Waals surface area contributed by atoms with E-state index in [-0.39, 0.29) is 11.3 Å². The van der Waals surface area contributed by atoms with Crippen molar-refractivity contribution in [1.82, 2.24) is 4.98 Å². The first kappa shape index (κ1) is 25.9. The molecule has 0 spiro atoms. The van der Waals surface area contributed by atoms with Crippen LogP contribution in [0.25, 0.3) is 11.3 Å². The molecule has 8 heteroatoms. The van der Waals surface area contributed by atoms with Crippen molar-refractivity contribution in [3.63, 3.8) is 0 Å². The van der Waals surface area contributed by atoms with Gasteiger partial charge in [0.15, 0.2) is 11.6 Å². The first-order chi connectivity index (χ1) is 17.3. The molecule has 0 unspecified atom stereocenters. The van der Waals surface area contributed by atoms with Gasteiger partial charge in [0.25, 0.3) is 0 Å². The zero-order chi connectivity index (χ0) is 26.1. The number of anilines is 2. The smallest absolute Gasteiger partial charge is 0.337 e. The number of halogens is 1. The van der Waals surface area contributed by atoms with E-state index in [0.717, 1.165) is 5.56 Å². The average molecular weight is 489 g/mol. The highest BCUT2D eigenvalue weighted by atomic mass is 19.1. The number of nitrogens with zero attached hydrogens (tertiary/aromatic N) is 1. The Bertz CT molecular complexity index is 1360. The Morgan fingerprint density at radius 2 is 1.56 bits per heavy atom. The summed E-state index contributed by atoms with van der Waals surface area (Å²) < 4.78 is 19.8. The minimum absolute atomic E-state index is 0.159. The van der Waals surface area contributed by atoms with Crippen molar-refractivity contribution in [3.8, 4) is 17.0 Å². The van der Waals surface area contributed by atoms with Gasteiger partial charge in [-0.3, -0.25) is 4.98 Å². The highest BCUT2D eigenvalue weighted by molar-refractivity contribution is 5.95. The zero-order valence-electron chi connectivity index (χ0n) is 19.7. The molecule has 36 heavy (non-hydrogen) atoms. The van der Waals surface area contributed by atoms with Crippen LogP contribution in [0.15, 0.2) is 85.1 Å². The van der Waals surface area contributed by atoms with Crippen LogP contribution in [-0.2, 0) is 0 Å². The normalized spacial score (nSPS) is 10.1. The fourth-order valence-electron chi connectivity index (χ4n) is 3.35. The summed E-state index contributed by atoms with van der Waals surface area (Å²) in [6, 6.07) is 21.8. The zero-order valence-corrected chi connectivity index (χ0v) is 19.7. The molecular formula is C28H25FN2O5. The third kappa shape index (κ3) is 6.44. The predicted octanol–water partition coefficient (Wildman–Crippen LogP) is 6.42. The Morgan fingerprint density at radius 1 is 0.889 bits per heavy atom.